The van der Waals surface area contributed by atoms with Crippen LogP contribution in [-0.4, -0.2) is 17.4 Å². The van der Waals surface area contributed by atoms with Gasteiger partial charge >= 0.3 is 0 Å². The van der Waals surface area contributed by atoms with E-state index >= 15 is 0 Å². The van der Waals surface area contributed by atoms with Gasteiger partial charge in [0.2, 0.25) is 0 Å². The standard InChI is InChI=1S/C22H25NOS2/c1-15-3-5-16(6-4-15)20(17-7-8-17)23-21(24)18-9-11-19(12-10-18)22-25-13-2-14-26-22/h3-6,9-12,17,20,22H,2,7-8,13-14H2,1H3,(H,23,24). The van der Waals surface area contributed by atoms with Gasteiger partial charge in [-0.2, -0.15) is 0 Å². The second kappa shape index (κ2) is 8.10. The minimum atomic E-state index is 0.0398. The van der Waals surface area contributed by atoms with E-state index in [1.165, 1.54) is 47.5 Å². The maximum absolute atomic E-state index is 12.8. The fourth-order valence-corrected chi connectivity index (χ4v) is 6.27. The van der Waals surface area contributed by atoms with Gasteiger partial charge in [0.25, 0.3) is 5.91 Å². The Morgan fingerprint density at radius 1 is 1.00 bits per heavy atom. The van der Waals surface area contributed by atoms with Crippen LogP contribution in [0, 0.1) is 12.8 Å². The normalized spacial score (nSPS) is 19.1. The van der Waals surface area contributed by atoms with Crippen LogP contribution in [0.4, 0.5) is 0 Å². The van der Waals surface area contributed by atoms with Gasteiger partial charge in [-0.15, -0.1) is 23.5 Å². The number of thioether (sulfide) groups is 2. The Hall–Kier alpha value is -1.39. The Morgan fingerprint density at radius 3 is 2.27 bits per heavy atom. The molecule has 0 spiro atoms. The van der Waals surface area contributed by atoms with Gasteiger partial charge in [0.1, 0.15) is 0 Å². The molecule has 2 fully saturated rings. The second-order valence-corrected chi connectivity index (χ2v) is 9.97. The lowest BCUT2D eigenvalue weighted by molar-refractivity contribution is 0.0931. The Labute approximate surface area is 164 Å². The summed E-state index contributed by atoms with van der Waals surface area (Å²) in [7, 11) is 0. The number of aryl methyl sites for hydroxylation is 1. The molecule has 2 aromatic rings. The first-order valence-corrected chi connectivity index (χ1v) is 11.5. The van der Waals surface area contributed by atoms with Crippen molar-refractivity contribution in [2.75, 3.05) is 11.5 Å². The van der Waals surface area contributed by atoms with Crippen LogP contribution in [0.15, 0.2) is 48.5 Å². The highest BCUT2D eigenvalue weighted by Crippen LogP contribution is 2.44. The smallest absolute Gasteiger partial charge is 0.251 e. The zero-order valence-electron chi connectivity index (χ0n) is 15.1. The zero-order valence-corrected chi connectivity index (χ0v) is 16.7. The monoisotopic (exact) mass is 383 g/mol. The van der Waals surface area contributed by atoms with Gasteiger partial charge in [0.05, 0.1) is 10.6 Å². The number of nitrogens with one attached hydrogen (secondary N) is 1. The average Bonchev–Trinajstić information content (AvgIpc) is 3.53. The van der Waals surface area contributed by atoms with Crippen molar-refractivity contribution in [2.45, 2.75) is 36.8 Å². The molecule has 1 saturated carbocycles. The molecule has 1 unspecified atom stereocenters. The van der Waals surface area contributed by atoms with Crippen molar-refractivity contribution in [3.05, 3.63) is 70.8 Å². The number of hydrogen-bond donors (Lipinski definition) is 1. The SMILES string of the molecule is Cc1ccc(C(NC(=O)c2ccc(C3SCCCS3)cc2)C2CC2)cc1. The predicted molar refractivity (Wildman–Crippen MR) is 113 cm³/mol. The molecule has 2 nitrogen and oxygen atoms in total. The van der Waals surface area contributed by atoms with Gasteiger partial charge in [-0.3, -0.25) is 4.79 Å². The van der Waals surface area contributed by atoms with Crippen molar-refractivity contribution in [1.29, 1.82) is 0 Å². The first-order valence-electron chi connectivity index (χ1n) is 9.41. The van der Waals surface area contributed by atoms with E-state index in [0.29, 0.717) is 10.5 Å². The molecule has 1 amide bonds. The summed E-state index contributed by atoms with van der Waals surface area (Å²) in [5.74, 6) is 3.09. The maximum Gasteiger partial charge on any atom is 0.251 e. The molecule has 1 aliphatic heterocycles. The molecule has 0 bridgehead atoms. The lowest BCUT2D eigenvalue weighted by Crippen LogP contribution is -2.29. The Bertz CT molecular complexity index is 747. The number of rotatable bonds is 5. The van der Waals surface area contributed by atoms with E-state index < -0.39 is 0 Å². The third-order valence-electron chi connectivity index (χ3n) is 5.09. The van der Waals surface area contributed by atoms with Crippen molar-refractivity contribution in [3.63, 3.8) is 0 Å². The molecule has 4 rings (SSSR count). The largest absolute Gasteiger partial charge is 0.345 e. The van der Waals surface area contributed by atoms with Crippen LogP contribution in [0.3, 0.4) is 0 Å². The molecule has 1 aliphatic carbocycles. The van der Waals surface area contributed by atoms with Crippen LogP contribution in [0.2, 0.25) is 0 Å². The van der Waals surface area contributed by atoms with Crippen molar-refractivity contribution < 1.29 is 4.79 Å². The molecule has 1 saturated heterocycles. The molecule has 136 valence electrons. The molecule has 0 radical (unpaired) electrons. The fourth-order valence-electron chi connectivity index (χ4n) is 3.37. The molecular weight excluding hydrogens is 358 g/mol. The van der Waals surface area contributed by atoms with E-state index in [4.69, 9.17) is 0 Å². The summed E-state index contributed by atoms with van der Waals surface area (Å²) in [6, 6.07) is 16.9. The maximum atomic E-state index is 12.8. The van der Waals surface area contributed by atoms with Crippen LogP contribution in [0.25, 0.3) is 0 Å². The minimum absolute atomic E-state index is 0.0398. The molecule has 2 aliphatic rings. The summed E-state index contributed by atoms with van der Waals surface area (Å²) in [4.78, 5) is 12.8. The van der Waals surface area contributed by atoms with E-state index in [0.717, 1.165) is 5.56 Å². The highest BCUT2D eigenvalue weighted by molar-refractivity contribution is 8.16. The summed E-state index contributed by atoms with van der Waals surface area (Å²) < 4.78 is 0.521. The highest BCUT2D eigenvalue weighted by Gasteiger charge is 2.33. The first-order chi connectivity index (χ1) is 12.7. The van der Waals surface area contributed by atoms with E-state index in [1.54, 1.807) is 0 Å². The van der Waals surface area contributed by atoms with Crippen molar-refractivity contribution in [3.8, 4) is 0 Å². The average molecular weight is 384 g/mol. The van der Waals surface area contributed by atoms with Gasteiger partial charge in [0, 0.05) is 5.56 Å². The quantitative estimate of drug-likeness (QED) is 0.713. The Balaban J connectivity index is 1.45. The van der Waals surface area contributed by atoms with Crippen LogP contribution in [-0.2, 0) is 0 Å². The molecule has 1 heterocycles. The number of carbonyl (C=O) groups excluding carboxylic acids is 1. The molecule has 1 N–H and O–H groups in total. The lowest BCUT2D eigenvalue weighted by atomic mass is 10.0. The van der Waals surface area contributed by atoms with Gasteiger partial charge in [-0.25, -0.2) is 0 Å². The third-order valence-corrected chi connectivity index (χ3v) is 8.10. The Kier molecular flexibility index (Phi) is 5.60. The van der Waals surface area contributed by atoms with Gasteiger partial charge < -0.3 is 5.32 Å². The summed E-state index contributed by atoms with van der Waals surface area (Å²) in [6.45, 7) is 2.10. The van der Waals surface area contributed by atoms with Crippen molar-refractivity contribution in [1.82, 2.24) is 5.32 Å². The number of benzene rings is 2. The second-order valence-electron chi connectivity index (χ2n) is 7.25. The summed E-state index contributed by atoms with van der Waals surface area (Å²) in [5.41, 5.74) is 4.56. The van der Waals surface area contributed by atoms with Crippen molar-refractivity contribution >= 4 is 29.4 Å². The van der Waals surface area contributed by atoms with E-state index in [1.807, 2.05) is 35.7 Å². The number of carbonyl (C=O) groups is 1. The van der Waals surface area contributed by atoms with Crippen molar-refractivity contribution in [2.24, 2.45) is 5.92 Å². The summed E-state index contributed by atoms with van der Waals surface area (Å²) >= 11 is 4.03. The van der Waals surface area contributed by atoms with Gasteiger partial charge in [0.15, 0.2) is 0 Å². The van der Waals surface area contributed by atoms with E-state index in [-0.39, 0.29) is 11.9 Å². The predicted octanol–water partition coefficient (Wildman–Crippen LogP) is 5.74. The fraction of sp³-hybridized carbons (Fsp3) is 0.409. The minimum Gasteiger partial charge on any atom is -0.345 e. The highest BCUT2D eigenvalue weighted by atomic mass is 32.2. The zero-order chi connectivity index (χ0) is 17.9. The number of hydrogen-bond acceptors (Lipinski definition) is 3. The van der Waals surface area contributed by atoms with Gasteiger partial charge in [-0.1, -0.05) is 42.0 Å². The molecule has 2 aromatic carbocycles. The number of amides is 1. The molecule has 1 atom stereocenters. The Morgan fingerprint density at radius 2 is 1.65 bits per heavy atom. The molecular formula is C22H25NOS2. The van der Waals surface area contributed by atoms with E-state index in [9.17, 15) is 4.79 Å². The van der Waals surface area contributed by atoms with Crippen LogP contribution in [0.5, 0.6) is 0 Å². The first kappa shape index (κ1) is 18.0. The van der Waals surface area contributed by atoms with E-state index in [2.05, 4.69) is 48.6 Å². The summed E-state index contributed by atoms with van der Waals surface area (Å²) in [5, 5.41) is 3.28. The van der Waals surface area contributed by atoms with Gasteiger partial charge in [-0.05, 0) is 66.9 Å². The van der Waals surface area contributed by atoms with Crippen LogP contribution >= 0.6 is 23.5 Å². The lowest BCUT2D eigenvalue weighted by Gasteiger charge is -2.22. The topological polar surface area (TPSA) is 29.1 Å². The molecule has 4 heteroatoms. The summed E-state index contributed by atoms with van der Waals surface area (Å²) in [6.07, 6.45) is 3.70. The van der Waals surface area contributed by atoms with Crippen LogP contribution < -0.4 is 5.32 Å². The van der Waals surface area contributed by atoms with Crippen LogP contribution in [0.1, 0.15) is 56.9 Å². The molecule has 0 aromatic heterocycles. The molecule has 26 heavy (non-hydrogen) atoms. The third kappa shape index (κ3) is 4.29.